The number of aryl methyl sites for hydroxylation is 1. The van der Waals surface area contributed by atoms with Gasteiger partial charge in [-0.3, -0.25) is 4.79 Å². The van der Waals surface area contributed by atoms with E-state index in [1.807, 2.05) is 10.8 Å². The first-order valence-electron chi connectivity index (χ1n) is 6.35. The highest BCUT2D eigenvalue weighted by Gasteiger charge is 2.44. The number of hydrogen-bond acceptors (Lipinski definition) is 2. The van der Waals surface area contributed by atoms with Gasteiger partial charge in [0.05, 0.1) is 0 Å². The Kier molecular flexibility index (Phi) is 2.34. The fourth-order valence-corrected chi connectivity index (χ4v) is 3.52. The van der Waals surface area contributed by atoms with Crippen LogP contribution in [0.15, 0.2) is 12.4 Å². The molecule has 0 amide bonds. The van der Waals surface area contributed by atoms with Crippen LogP contribution in [0.4, 0.5) is 0 Å². The Labute approximate surface area is 95.9 Å². The van der Waals surface area contributed by atoms with Crippen LogP contribution in [-0.2, 0) is 6.54 Å². The smallest absolute Gasteiger partial charge is 0.201 e. The van der Waals surface area contributed by atoms with Crippen LogP contribution in [0.25, 0.3) is 0 Å². The standard InChI is InChI=1S/C13H18N2O/c1-2-15-6-5-14-13(15)12(16)11-8-9-3-4-10(11)7-9/h5-6,9-11H,2-4,7-8H2,1H3. The molecule has 2 saturated carbocycles. The van der Waals surface area contributed by atoms with Gasteiger partial charge < -0.3 is 4.57 Å². The molecule has 2 bridgehead atoms. The SMILES string of the molecule is CCn1ccnc1C(=O)C1CC2CCC1C2. The van der Waals surface area contributed by atoms with Gasteiger partial charge in [0.2, 0.25) is 5.78 Å². The van der Waals surface area contributed by atoms with Gasteiger partial charge in [0.15, 0.2) is 5.82 Å². The number of ketones is 1. The molecule has 2 fully saturated rings. The number of aromatic nitrogens is 2. The zero-order chi connectivity index (χ0) is 11.1. The van der Waals surface area contributed by atoms with E-state index in [0.717, 1.165) is 18.9 Å². The number of imidazole rings is 1. The average Bonchev–Trinajstić information content (AvgIpc) is 3.02. The quantitative estimate of drug-likeness (QED) is 0.731. The normalized spacial score (nSPS) is 32.2. The number of Topliss-reactive ketones (excluding diaryl/α,β-unsaturated/α-hetero) is 1. The monoisotopic (exact) mass is 218 g/mol. The summed E-state index contributed by atoms with van der Waals surface area (Å²) >= 11 is 0. The second-order valence-corrected chi connectivity index (χ2v) is 5.18. The zero-order valence-electron chi connectivity index (χ0n) is 9.72. The first-order valence-corrected chi connectivity index (χ1v) is 6.35. The maximum absolute atomic E-state index is 12.4. The Morgan fingerprint density at radius 2 is 2.38 bits per heavy atom. The zero-order valence-corrected chi connectivity index (χ0v) is 9.72. The van der Waals surface area contributed by atoms with Crippen molar-refractivity contribution in [2.24, 2.45) is 17.8 Å². The molecular weight excluding hydrogens is 200 g/mol. The van der Waals surface area contributed by atoms with E-state index in [0.29, 0.717) is 17.5 Å². The molecular formula is C13H18N2O. The van der Waals surface area contributed by atoms with Crippen LogP contribution >= 0.6 is 0 Å². The fourth-order valence-electron chi connectivity index (χ4n) is 3.52. The molecule has 1 aromatic heterocycles. The van der Waals surface area contributed by atoms with E-state index in [2.05, 4.69) is 11.9 Å². The van der Waals surface area contributed by atoms with Crippen LogP contribution in [0.2, 0.25) is 0 Å². The van der Waals surface area contributed by atoms with E-state index in [-0.39, 0.29) is 5.92 Å². The van der Waals surface area contributed by atoms with E-state index in [4.69, 9.17) is 0 Å². The number of carbonyl (C=O) groups is 1. The van der Waals surface area contributed by atoms with Crippen LogP contribution in [0, 0.1) is 17.8 Å². The molecule has 86 valence electrons. The largest absolute Gasteiger partial charge is 0.329 e. The Hall–Kier alpha value is -1.12. The molecule has 1 heterocycles. The predicted octanol–water partition coefficient (Wildman–Crippen LogP) is 2.52. The average molecular weight is 218 g/mol. The van der Waals surface area contributed by atoms with Crippen molar-refractivity contribution >= 4 is 5.78 Å². The lowest BCUT2D eigenvalue weighted by molar-refractivity contribution is 0.0859. The van der Waals surface area contributed by atoms with Gasteiger partial charge in [-0.15, -0.1) is 0 Å². The second-order valence-electron chi connectivity index (χ2n) is 5.18. The van der Waals surface area contributed by atoms with Crippen molar-refractivity contribution in [3.8, 4) is 0 Å². The van der Waals surface area contributed by atoms with Crippen LogP contribution < -0.4 is 0 Å². The number of nitrogens with zero attached hydrogens (tertiary/aromatic N) is 2. The Morgan fingerprint density at radius 3 is 3.00 bits per heavy atom. The summed E-state index contributed by atoms with van der Waals surface area (Å²) in [6.07, 6.45) is 8.64. The topological polar surface area (TPSA) is 34.9 Å². The van der Waals surface area contributed by atoms with Gasteiger partial charge in [0, 0.05) is 24.9 Å². The summed E-state index contributed by atoms with van der Waals surface area (Å²) in [5.74, 6) is 2.72. The molecule has 0 radical (unpaired) electrons. The molecule has 3 nitrogen and oxygen atoms in total. The van der Waals surface area contributed by atoms with E-state index in [1.54, 1.807) is 6.20 Å². The van der Waals surface area contributed by atoms with Crippen molar-refractivity contribution in [3.05, 3.63) is 18.2 Å². The Morgan fingerprint density at radius 1 is 1.50 bits per heavy atom. The van der Waals surface area contributed by atoms with Gasteiger partial charge in [-0.05, 0) is 38.0 Å². The number of rotatable bonds is 3. The van der Waals surface area contributed by atoms with Crippen molar-refractivity contribution in [2.75, 3.05) is 0 Å². The Balaban J connectivity index is 1.83. The molecule has 0 N–H and O–H groups in total. The summed E-state index contributed by atoms with van der Waals surface area (Å²) in [7, 11) is 0. The minimum atomic E-state index is 0.270. The third kappa shape index (κ3) is 1.41. The van der Waals surface area contributed by atoms with Crippen LogP contribution in [0.5, 0.6) is 0 Å². The second kappa shape index (κ2) is 3.72. The van der Waals surface area contributed by atoms with Crippen LogP contribution in [0.1, 0.15) is 43.2 Å². The van der Waals surface area contributed by atoms with E-state index in [9.17, 15) is 4.79 Å². The van der Waals surface area contributed by atoms with Gasteiger partial charge in [0.1, 0.15) is 0 Å². The molecule has 0 spiro atoms. The molecule has 3 heteroatoms. The van der Waals surface area contributed by atoms with Gasteiger partial charge in [-0.25, -0.2) is 4.98 Å². The lowest BCUT2D eigenvalue weighted by atomic mass is 9.85. The maximum Gasteiger partial charge on any atom is 0.201 e. The molecule has 2 aliphatic rings. The minimum absolute atomic E-state index is 0.270. The predicted molar refractivity (Wildman–Crippen MR) is 61.2 cm³/mol. The highest BCUT2D eigenvalue weighted by atomic mass is 16.1. The Bertz CT molecular complexity index is 410. The summed E-state index contributed by atoms with van der Waals surface area (Å²) in [6.45, 7) is 2.89. The summed E-state index contributed by atoms with van der Waals surface area (Å²) in [5, 5.41) is 0. The summed E-state index contributed by atoms with van der Waals surface area (Å²) in [5.41, 5.74) is 0. The van der Waals surface area contributed by atoms with Crippen molar-refractivity contribution in [3.63, 3.8) is 0 Å². The van der Waals surface area contributed by atoms with Crippen LogP contribution in [-0.4, -0.2) is 15.3 Å². The number of fused-ring (bicyclic) bond motifs is 2. The van der Waals surface area contributed by atoms with Crippen LogP contribution in [0.3, 0.4) is 0 Å². The van der Waals surface area contributed by atoms with E-state index < -0.39 is 0 Å². The third-order valence-electron chi connectivity index (χ3n) is 4.35. The molecule has 3 unspecified atom stereocenters. The van der Waals surface area contributed by atoms with Gasteiger partial charge >= 0.3 is 0 Å². The highest BCUT2D eigenvalue weighted by molar-refractivity contribution is 5.95. The first kappa shape index (κ1) is 10.1. The van der Waals surface area contributed by atoms with Crippen molar-refractivity contribution in [2.45, 2.75) is 39.2 Å². The van der Waals surface area contributed by atoms with Gasteiger partial charge in [0.25, 0.3) is 0 Å². The van der Waals surface area contributed by atoms with Crippen molar-refractivity contribution < 1.29 is 4.79 Å². The summed E-state index contributed by atoms with van der Waals surface area (Å²) in [6, 6.07) is 0. The molecule has 0 aliphatic heterocycles. The minimum Gasteiger partial charge on any atom is -0.329 e. The lowest BCUT2D eigenvalue weighted by Crippen LogP contribution is -2.24. The fraction of sp³-hybridized carbons (Fsp3) is 0.692. The molecule has 3 rings (SSSR count). The molecule has 16 heavy (non-hydrogen) atoms. The third-order valence-corrected chi connectivity index (χ3v) is 4.35. The van der Waals surface area contributed by atoms with E-state index >= 15 is 0 Å². The highest BCUT2D eigenvalue weighted by Crippen LogP contribution is 2.49. The number of carbonyl (C=O) groups excluding carboxylic acids is 1. The molecule has 1 aromatic rings. The lowest BCUT2D eigenvalue weighted by Gasteiger charge is -2.20. The van der Waals surface area contributed by atoms with Gasteiger partial charge in [-0.1, -0.05) is 6.42 Å². The maximum atomic E-state index is 12.4. The number of hydrogen-bond donors (Lipinski definition) is 0. The first-order chi connectivity index (χ1) is 7.79. The van der Waals surface area contributed by atoms with Crippen molar-refractivity contribution in [1.82, 2.24) is 9.55 Å². The van der Waals surface area contributed by atoms with Gasteiger partial charge in [-0.2, -0.15) is 0 Å². The van der Waals surface area contributed by atoms with Crippen molar-refractivity contribution in [1.29, 1.82) is 0 Å². The summed E-state index contributed by atoms with van der Waals surface area (Å²) < 4.78 is 1.97. The summed E-state index contributed by atoms with van der Waals surface area (Å²) in [4.78, 5) is 16.6. The molecule has 3 atom stereocenters. The molecule has 0 aromatic carbocycles. The van der Waals surface area contributed by atoms with E-state index in [1.165, 1.54) is 19.3 Å². The molecule has 0 saturated heterocycles. The molecule has 2 aliphatic carbocycles.